The normalized spacial score (nSPS) is 7.90. The Bertz CT molecular complexity index is 332. The van der Waals surface area contributed by atoms with Crippen LogP contribution in [0.5, 0.6) is 0 Å². The molecule has 0 aromatic heterocycles. The van der Waals surface area contributed by atoms with E-state index in [4.69, 9.17) is 0 Å². The highest BCUT2D eigenvalue weighted by molar-refractivity contribution is 5.23. The molecule has 2 rings (SSSR count). The molecule has 0 saturated carbocycles. The Labute approximate surface area is 125 Å². The maximum absolute atomic E-state index is 4.25. The second-order valence-corrected chi connectivity index (χ2v) is 4.35. The Hall–Kier alpha value is -1.60. The maximum atomic E-state index is 4.25. The zero-order valence-corrected chi connectivity index (χ0v) is 13.9. The number of hydrogen-bond donors (Lipinski definition) is 0. The fourth-order valence-corrected chi connectivity index (χ4v) is 1.05. The highest BCUT2D eigenvalue weighted by Gasteiger charge is 1.83. The first-order valence-electron chi connectivity index (χ1n) is 7.06. The van der Waals surface area contributed by atoms with Crippen molar-refractivity contribution in [3.63, 3.8) is 0 Å². The van der Waals surface area contributed by atoms with Crippen molar-refractivity contribution in [1.82, 2.24) is 0 Å². The van der Waals surface area contributed by atoms with E-state index in [2.05, 4.69) is 56.7 Å². The van der Waals surface area contributed by atoms with Crippen LogP contribution in [-0.4, -0.2) is 14.2 Å². The molecule has 0 aliphatic carbocycles. The van der Waals surface area contributed by atoms with Gasteiger partial charge in [0.05, 0.1) is 0 Å². The SMILES string of the molecule is CCC.COC.Cc1ccccc1C.c1ccccc1. The maximum Gasteiger partial charge on any atom is 0.0351 e. The quantitative estimate of drug-likeness (QED) is 0.601. The topological polar surface area (TPSA) is 9.23 Å². The molecule has 0 fully saturated rings. The second-order valence-electron chi connectivity index (χ2n) is 4.35. The zero-order valence-electron chi connectivity index (χ0n) is 13.9. The van der Waals surface area contributed by atoms with Crippen molar-refractivity contribution >= 4 is 0 Å². The van der Waals surface area contributed by atoms with Crippen molar-refractivity contribution in [2.75, 3.05) is 14.2 Å². The van der Waals surface area contributed by atoms with Crippen LogP contribution in [-0.2, 0) is 4.74 Å². The Balaban J connectivity index is 0. The van der Waals surface area contributed by atoms with Gasteiger partial charge in [-0.25, -0.2) is 0 Å². The summed E-state index contributed by atoms with van der Waals surface area (Å²) in [7, 11) is 3.25. The molecule has 0 heterocycles. The minimum Gasteiger partial charge on any atom is -0.388 e. The molecule has 0 radical (unpaired) electrons. The Morgan fingerprint density at radius 3 is 1.00 bits per heavy atom. The van der Waals surface area contributed by atoms with E-state index in [9.17, 15) is 0 Å². The van der Waals surface area contributed by atoms with Gasteiger partial charge in [0.25, 0.3) is 0 Å². The monoisotopic (exact) mass is 274 g/mol. The largest absolute Gasteiger partial charge is 0.388 e. The number of hydrogen-bond acceptors (Lipinski definition) is 1. The lowest BCUT2D eigenvalue weighted by molar-refractivity contribution is 0.277. The van der Waals surface area contributed by atoms with E-state index >= 15 is 0 Å². The Kier molecular flexibility index (Phi) is 18.0. The fourth-order valence-electron chi connectivity index (χ4n) is 1.05. The summed E-state index contributed by atoms with van der Waals surface area (Å²) >= 11 is 0. The van der Waals surface area contributed by atoms with E-state index in [1.165, 1.54) is 17.5 Å². The molecule has 0 N–H and O–H groups in total. The number of methoxy groups -OCH3 is 1. The highest BCUT2D eigenvalue weighted by Crippen LogP contribution is 2.02. The first-order chi connectivity index (χ1) is 9.63. The van der Waals surface area contributed by atoms with Crippen molar-refractivity contribution in [1.29, 1.82) is 0 Å². The van der Waals surface area contributed by atoms with E-state index in [1.807, 2.05) is 36.4 Å². The smallest absolute Gasteiger partial charge is 0.0351 e. The van der Waals surface area contributed by atoms with Gasteiger partial charge >= 0.3 is 0 Å². The fraction of sp³-hybridized carbons (Fsp3) is 0.368. The number of ether oxygens (including phenoxy) is 1. The van der Waals surface area contributed by atoms with Gasteiger partial charge in [0.1, 0.15) is 0 Å². The van der Waals surface area contributed by atoms with E-state index < -0.39 is 0 Å². The molecule has 0 bridgehead atoms. The molecule has 1 heteroatoms. The van der Waals surface area contributed by atoms with Gasteiger partial charge in [-0.05, 0) is 25.0 Å². The zero-order chi connectivity index (χ0) is 15.6. The lowest BCUT2D eigenvalue weighted by Crippen LogP contribution is -1.74. The number of aryl methyl sites for hydroxylation is 2. The summed E-state index contributed by atoms with van der Waals surface area (Å²) in [4.78, 5) is 0. The van der Waals surface area contributed by atoms with Crippen LogP contribution in [0.4, 0.5) is 0 Å². The molecule has 0 aliphatic heterocycles. The van der Waals surface area contributed by atoms with Crippen LogP contribution >= 0.6 is 0 Å². The number of benzene rings is 2. The summed E-state index contributed by atoms with van der Waals surface area (Å²) in [6, 6.07) is 20.4. The summed E-state index contributed by atoms with van der Waals surface area (Å²) in [5, 5.41) is 0. The van der Waals surface area contributed by atoms with Crippen LogP contribution in [0, 0.1) is 13.8 Å². The molecule has 0 aliphatic rings. The molecule has 0 unspecified atom stereocenters. The third-order valence-electron chi connectivity index (χ3n) is 2.09. The van der Waals surface area contributed by atoms with Crippen LogP contribution < -0.4 is 0 Å². The molecule has 2 aromatic carbocycles. The van der Waals surface area contributed by atoms with E-state index in [0.29, 0.717) is 0 Å². The minimum atomic E-state index is 1.25. The average Bonchev–Trinajstić information content (AvgIpc) is 2.46. The molecule has 0 saturated heterocycles. The van der Waals surface area contributed by atoms with Crippen molar-refractivity contribution in [3.05, 3.63) is 71.8 Å². The Morgan fingerprint density at radius 1 is 0.650 bits per heavy atom. The summed E-state index contributed by atoms with van der Waals surface area (Å²) in [5.74, 6) is 0. The minimum absolute atomic E-state index is 1.25. The first-order valence-corrected chi connectivity index (χ1v) is 7.06. The first kappa shape index (κ1) is 20.7. The molecule has 0 spiro atoms. The van der Waals surface area contributed by atoms with Crippen molar-refractivity contribution in [3.8, 4) is 0 Å². The van der Waals surface area contributed by atoms with Gasteiger partial charge in [-0.3, -0.25) is 0 Å². The second kappa shape index (κ2) is 17.4. The molecule has 112 valence electrons. The average molecular weight is 274 g/mol. The van der Waals surface area contributed by atoms with E-state index in [1.54, 1.807) is 14.2 Å². The lowest BCUT2D eigenvalue weighted by atomic mass is 10.1. The van der Waals surface area contributed by atoms with Gasteiger partial charge < -0.3 is 4.74 Å². The van der Waals surface area contributed by atoms with Crippen LogP contribution in [0.25, 0.3) is 0 Å². The van der Waals surface area contributed by atoms with Crippen LogP contribution in [0.2, 0.25) is 0 Å². The van der Waals surface area contributed by atoms with Gasteiger partial charge in [-0.15, -0.1) is 0 Å². The third-order valence-corrected chi connectivity index (χ3v) is 2.09. The predicted octanol–water partition coefficient (Wildman–Crippen LogP) is 5.67. The van der Waals surface area contributed by atoms with E-state index in [0.717, 1.165) is 0 Å². The summed E-state index contributed by atoms with van der Waals surface area (Å²) in [5.41, 5.74) is 2.74. The van der Waals surface area contributed by atoms with E-state index in [-0.39, 0.29) is 0 Å². The highest BCUT2D eigenvalue weighted by atomic mass is 16.4. The third kappa shape index (κ3) is 16.4. The predicted molar refractivity (Wildman–Crippen MR) is 91.3 cm³/mol. The molecular weight excluding hydrogens is 244 g/mol. The standard InChI is InChI=1S/C8H10.C6H6.C3H8.C2H6O/c1-7-5-3-4-6-8(7)2;1-2-4-6-5-3-1;2*1-3-2/h3-6H,1-2H3;1-6H;3H2,1-2H3;1-2H3. The van der Waals surface area contributed by atoms with Crippen molar-refractivity contribution in [2.24, 2.45) is 0 Å². The lowest BCUT2D eigenvalue weighted by Gasteiger charge is -1.93. The molecular formula is C19H30O. The molecule has 0 atom stereocenters. The summed E-state index contributed by atoms with van der Waals surface area (Å²) in [6.07, 6.45) is 1.25. The van der Waals surface area contributed by atoms with Crippen LogP contribution in [0.1, 0.15) is 31.4 Å². The molecule has 2 aromatic rings. The van der Waals surface area contributed by atoms with Crippen molar-refractivity contribution in [2.45, 2.75) is 34.1 Å². The molecule has 20 heavy (non-hydrogen) atoms. The van der Waals surface area contributed by atoms with Crippen molar-refractivity contribution < 1.29 is 4.74 Å². The van der Waals surface area contributed by atoms with Crippen LogP contribution in [0.3, 0.4) is 0 Å². The van der Waals surface area contributed by atoms with Gasteiger partial charge in [0.15, 0.2) is 0 Å². The van der Waals surface area contributed by atoms with Gasteiger partial charge in [0, 0.05) is 14.2 Å². The van der Waals surface area contributed by atoms with Crippen LogP contribution in [0.15, 0.2) is 60.7 Å². The number of rotatable bonds is 0. The molecule has 0 amide bonds. The Morgan fingerprint density at radius 2 is 0.850 bits per heavy atom. The molecule has 1 nitrogen and oxygen atoms in total. The van der Waals surface area contributed by atoms with Gasteiger partial charge in [0.2, 0.25) is 0 Å². The summed E-state index contributed by atoms with van der Waals surface area (Å²) in [6.45, 7) is 8.49. The summed E-state index contributed by atoms with van der Waals surface area (Å²) < 4.78 is 4.25. The van der Waals surface area contributed by atoms with Gasteiger partial charge in [-0.2, -0.15) is 0 Å². The van der Waals surface area contributed by atoms with Gasteiger partial charge in [-0.1, -0.05) is 80.9 Å².